The number of aromatic nitrogens is 1. The van der Waals surface area contributed by atoms with E-state index in [0.717, 1.165) is 12.2 Å². The van der Waals surface area contributed by atoms with E-state index in [1.54, 1.807) is 0 Å². The molecular weight excluding hydrogens is 244 g/mol. The standard InChI is InChI=1S/C18H24N2/c1-18(2,3)15-10-8-14(9-11-15)16(13-19-4)17-7-5-6-12-20-17/h5-12,16,19H,13H2,1-4H3. The molecule has 0 spiro atoms. The van der Waals surface area contributed by atoms with Gasteiger partial charge in [-0.15, -0.1) is 0 Å². The lowest BCUT2D eigenvalue weighted by Crippen LogP contribution is -2.19. The fourth-order valence-corrected chi connectivity index (χ4v) is 2.39. The Morgan fingerprint density at radius 1 is 1.05 bits per heavy atom. The van der Waals surface area contributed by atoms with Crippen molar-refractivity contribution in [2.75, 3.05) is 13.6 Å². The van der Waals surface area contributed by atoms with Crippen molar-refractivity contribution in [1.29, 1.82) is 0 Å². The van der Waals surface area contributed by atoms with E-state index in [1.807, 2.05) is 19.3 Å². The number of pyridine rings is 1. The minimum Gasteiger partial charge on any atom is -0.319 e. The zero-order chi connectivity index (χ0) is 14.6. The Hall–Kier alpha value is -1.67. The van der Waals surface area contributed by atoms with Crippen LogP contribution < -0.4 is 5.32 Å². The van der Waals surface area contributed by atoms with E-state index >= 15 is 0 Å². The van der Waals surface area contributed by atoms with Gasteiger partial charge in [0.25, 0.3) is 0 Å². The molecule has 2 rings (SSSR count). The van der Waals surface area contributed by atoms with E-state index in [0.29, 0.717) is 5.92 Å². The monoisotopic (exact) mass is 268 g/mol. The third-order valence-corrected chi connectivity index (χ3v) is 3.63. The molecule has 2 aromatic rings. The Labute approximate surface area is 122 Å². The van der Waals surface area contributed by atoms with Crippen LogP contribution in [0.3, 0.4) is 0 Å². The lowest BCUT2D eigenvalue weighted by molar-refractivity contribution is 0.589. The molecule has 0 amide bonds. The highest BCUT2D eigenvalue weighted by molar-refractivity contribution is 5.33. The molecule has 2 heteroatoms. The van der Waals surface area contributed by atoms with Crippen LogP contribution >= 0.6 is 0 Å². The summed E-state index contributed by atoms with van der Waals surface area (Å²) in [7, 11) is 1.99. The van der Waals surface area contributed by atoms with Crippen molar-refractivity contribution in [2.24, 2.45) is 0 Å². The summed E-state index contributed by atoms with van der Waals surface area (Å²) in [6, 6.07) is 15.0. The van der Waals surface area contributed by atoms with Gasteiger partial charge in [0.15, 0.2) is 0 Å². The first-order valence-electron chi connectivity index (χ1n) is 7.18. The summed E-state index contributed by atoms with van der Waals surface area (Å²) in [5.41, 5.74) is 3.99. The normalized spacial score (nSPS) is 13.2. The van der Waals surface area contributed by atoms with Crippen LogP contribution in [0.25, 0.3) is 0 Å². The topological polar surface area (TPSA) is 24.9 Å². The van der Waals surface area contributed by atoms with Gasteiger partial charge in [0.2, 0.25) is 0 Å². The molecule has 0 saturated heterocycles. The molecule has 1 N–H and O–H groups in total. The second-order valence-corrected chi connectivity index (χ2v) is 6.24. The van der Waals surface area contributed by atoms with Gasteiger partial charge in [0.1, 0.15) is 0 Å². The summed E-state index contributed by atoms with van der Waals surface area (Å²) in [5.74, 6) is 0.301. The molecule has 2 nitrogen and oxygen atoms in total. The lowest BCUT2D eigenvalue weighted by atomic mass is 9.85. The second-order valence-electron chi connectivity index (χ2n) is 6.24. The molecule has 0 saturated carbocycles. The number of hydrogen-bond donors (Lipinski definition) is 1. The van der Waals surface area contributed by atoms with Crippen molar-refractivity contribution in [3.8, 4) is 0 Å². The van der Waals surface area contributed by atoms with Gasteiger partial charge in [-0.2, -0.15) is 0 Å². The van der Waals surface area contributed by atoms with E-state index in [4.69, 9.17) is 0 Å². The SMILES string of the molecule is CNCC(c1ccc(C(C)(C)C)cc1)c1ccccn1. The average molecular weight is 268 g/mol. The van der Waals surface area contributed by atoms with Gasteiger partial charge in [0.05, 0.1) is 0 Å². The first-order valence-corrected chi connectivity index (χ1v) is 7.18. The fourth-order valence-electron chi connectivity index (χ4n) is 2.39. The molecule has 1 atom stereocenters. The molecule has 1 heterocycles. The smallest absolute Gasteiger partial charge is 0.0491 e. The summed E-state index contributed by atoms with van der Waals surface area (Å²) in [6.07, 6.45) is 1.86. The Kier molecular flexibility index (Phi) is 4.56. The molecule has 0 bridgehead atoms. The van der Waals surface area contributed by atoms with E-state index < -0.39 is 0 Å². The van der Waals surface area contributed by atoms with Crippen molar-refractivity contribution >= 4 is 0 Å². The van der Waals surface area contributed by atoms with Gasteiger partial charge >= 0.3 is 0 Å². The molecule has 106 valence electrons. The van der Waals surface area contributed by atoms with Crippen LogP contribution in [0.1, 0.15) is 43.5 Å². The summed E-state index contributed by atoms with van der Waals surface area (Å²) >= 11 is 0. The first-order chi connectivity index (χ1) is 9.52. The highest BCUT2D eigenvalue weighted by atomic mass is 14.8. The number of benzene rings is 1. The minimum atomic E-state index is 0.196. The number of nitrogens with one attached hydrogen (secondary N) is 1. The number of rotatable bonds is 4. The van der Waals surface area contributed by atoms with Gasteiger partial charge in [-0.05, 0) is 35.7 Å². The molecular formula is C18H24N2. The zero-order valence-electron chi connectivity index (χ0n) is 12.9. The molecule has 1 aromatic heterocycles. The maximum atomic E-state index is 4.51. The second kappa shape index (κ2) is 6.19. The first kappa shape index (κ1) is 14.7. The van der Waals surface area contributed by atoms with E-state index in [1.165, 1.54) is 11.1 Å². The molecule has 20 heavy (non-hydrogen) atoms. The predicted octanol–water partition coefficient (Wildman–Crippen LogP) is 3.73. The minimum absolute atomic E-state index is 0.196. The summed E-state index contributed by atoms with van der Waals surface area (Å²) < 4.78 is 0. The third kappa shape index (κ3) is 3.45. The van der Waals surface area contributed by atoms with Crippen LogP contribution in [0.2, 0.25) is 0 Å². The number of nitrogens with zero attached hydrogens (tertiary/aromatic N) is 1. The van der Waals surface area contributed by atoms with Crippen molar-refractivity contribution < 1.29 is 0 Å². The molecule has 0 aliphatic carbocycles. The predicted molar refractivity (Wildman–Crippen MR) is 85.1 cm³/mol. The quantitative estimate of drug-likeness (QED) is 0.914. The van der Waals surface area contributed by atoms with Crippen LogP contribution in [-0.4, -0.2) is 18.6 Å². The van der Waals surface area contributed by atoms with Gasteiger partial charge in [0, 0.05) is 24.4 Å². The van der Waals surface area contributed by atoms with Gasteiger partial charge in [-0.3, -0.25) is 4.98 Å². The third-order valence-electron chi connectivity index (χ3n) is 3.63. The van der Waals surface area contributed by atoms with Crippen LogP contribution in [-0.2, 0) is 5.41 Å². The number of hydrogen-bond acceptors (Lipinski definition) is 2. The maximum absolute atomic E-state index is 4.51. The Morgan fingerprint density at radius 2 is 1.75 bits per heavy atom. The average Bonchev–Trinajstić information content (AvgIpc) is 2.45. The molecule has 1 aromatic carbocycles. The fraction of sp³-hybridized carbons (Fsp3) is 0.389. The molecule has 0 aliphatic rings. The lowest BCUT2D eigenvalue weighted by Gasteiger charge is -2.21. The molecule has 1 unspecified atom stereocenters. The van der Waals surface area contributed by atoms with E-state index in [2.05, 4.69) is 67.5 Å². The van der Waals surface area contributed by atoms with Crippen molar-refractivity contribution in [1.82, 2.24) is 10.3 Å². The van der Waals surface area contributed by atoms with Gasteiger partial charge < -0.3 is 5.32 Å². The highest BCUT2D eigenvalue weighted by Crippen LogP contribution is 2.27. The summed E-state index contributed by atoms with van der Waals surface area (Å²) in [4.78, 5) is 4.51. The maximum Gasteiger partial charge on any atom is 0.0491 e. The Morgan fingerprint density at radius 3 is 2.25 bits per heavy atom. The molecule has 0 fully saturated rings. The van der Waals surface area contributed by atoms with Gasteiger partial charge in [-0.25, -0.2) is 0 Å². The van der Waals surface area contributed by atoms with Crippen LogP contribution in [0.4, 0.5) is 0 Å². The summed E-state index contributed by atoms with van der Waals surface area (Å²) in [5, 5.41) is 3.27. The molecule has 0 radical (unpaired) electrons. The van der Waals surface area contributed by atoms with Gasteiger partial charge in [-0.1, -0.05) is 51.1 Å². The Balaban J connectivity index is 2.31. The van der Waals surface area contributed by atoms with E-state index in [-0.39, 0.29) is 5.41 Å². The van der Waals surface area contributed by atoms with Crippen molar-refractivity contribution in [3.05, 3.63) is 65.5 Å². The van der Waals surface area contributed by atoms with Crippen molar-refractivity contribution in [2.45, 2.75) is 32.1 Å². The highest BCUT2D eigenvalue weighted by Gasteiger charge is 2.17. The van der Waals surface area contributed by atoms with Crippen LogP contribution in [0, 0.1) is 0 Å². The Bertz CT molecular complexity index is 524. The largest absolute Gasteiger partial charge is 0.319 e. The molecule has 0 aliphatic heterocycles. The summed E-state index contributed by atoms with van der Waals surface area (Å²) in [6.45, 7) is 7.62. The van der Waals surface area contributed by atoms with Crippen LogP contribution in [0.15, 0.2) is 48.7 Å². The zero-order valence-corrected chi connectivity index (χ0v) is 12.9. The number of likely N-dealkylation sites (N-methyl/N-ethyl adjacent to an activating group) is 1. The van der Waals surface area contributed by atoms with Crippen molar-refractivity contribution in [3.63, 3.8) is 0 Å². The van der Waals surface area contributed by atoms with E-state index in [9.17, 15) is 0 Å². The van der Waals surface area contributed by atoms with Crippen LogP contribution in [0.5, 0.6) is 0 Å².